The molecule has 2 aromatic rings. The van der Waals surface area contributed by atoms with Crippen LogP contribution >= 0.6 is 0 Å². The lowest BCUT2D eigenvalue weighted by molar-refractivity contribution is -0.141. The normalized spacial score (nSPS) is 21.8. The maximum atomic E-state index is 11.0. The van der Waals surface area contributed by atoms with E-state index in [1.807, 2.05) is 30.3 Å². The molecule has 0 saturated heterocycles. The SMILES string of the molecule is O=C(O)[C@@H]1CC[C@H](Nc2nnnn2-c2ccccc2)C1. The predicted octanol–water partition coefficient (Wildman–Crippen LogP) is 1.33. The molecule has 0 spiro atoms. The van der Waals surface area contributed by atoms with Gasteiger partial charge in [-0.15, -0.1) is 0 Å². The van der Waals surface area contributed by atoms with Crippen LogP contribution in [-0.4, -0.2) is 37.3 Å². The summed E-state index contributed by atoms with van der Waals surface area (Å²) < 4.78 is 1.62. The third-order valence-corrected chi connectivity index (χ3v) is 3.59. The van der Waals surface area contributed by atoms with E-state index in [-0.39, 0.29) is 12.0 Å². The van der Waals surface area contributed by atoms with Gasteiger partial charge in [0.2, 0.25) is 5.95 Å². The van der Waals surface area contributed by atoms with Crippen LogP contribution in [0.4, 0.5) is 5.95 Å². The number of anilines is 1. The smallest absolute Gasteiger partial charge is 0.306 e. The maximum absolute atomic E-state index is 11.0. The summed E-state index contributed by atoms with van der Waals surface area (Å²) in [7, 11) is 0. The van der Waals surface area contributed by atoms with E-state index >= 15 is 0 Å². The number of carbonyl (C=O) groups is 1. The number of hydrogen-bond acceptors (Lipinski definition) is 5. The lowest BCUT2D eigenvalue weighted by Gasteiger charge is -2.12. The molecular weight excluding hydrogens is 258 g/mol. The Balaban J connectivity index is 1.74. The minimum atomic E-state index is -0.725. The van der Waals surface area contributed by atoms with Gasteiger partial charge in [0.1, 0.15) is 0 Å². The van der Waals surface area contributed by atoms with Gasteiger partial charge in [-0.2, -0.15) is 4.68 Å². The molecule has 1 aliphatic carbocycles. The fraction of sp³-hybridized carbons (Fsp3) is 0.385. The zero-order valence-corrected chi connectivity index (χ0v) is 10.8. The molecule has 1 aromatic carbocycles. The highest BCUT2D eigenvalue weighted by molar-refractivity contribution is 5.70. The third kappa shape index (κ3) is 2.47. The highest BCUT2D eigenvalue weighted by Gasteiger charge is 2.30. The molecule has 3 rings (SSSR count). The number of hydrogen-bond donors (Lipinski definition) is 2. The van der Waals surface area contributed by atoms with E-state index < -0.39 is 5.97 Å². The molecule has 1 aliphatic rings. The van der Waals surface area contributed by atoms with Crippen molar-refractivity contribution in [1.29, 1.82) is 0 Å². The van der Waals surface area contributed by atoms with E-state index in [9.17, 15) is 4.79 Å². The molecule has 7 nitrogen and oxygen atoms in total. The monoisotopic (exact) mass is 273 g/mol. The minimum Gasteiger partial charge on any atom is -0.481 e. The summed E-state index contributed by atoms with van der Waals surface area (Å²) in [6.45, 7) is 0. The van der Waals surface area contributed by atoms with E-state index in [4.69, 9.17) is 5.11 Å². The quantitative estimate of drug-likeness (QED) is 0.873. The average Bonchev–Trinajstić information content (AvgIpc) is 3.09. The Morgan fingerprint density at radius 3 is 2.80 bits per heavy atom. The molecule has 20 heavy (non-hydrogen) atoms. The molecular formula is C13H15N5O2. The number of aromatic nitrogens is 4. The molecule has 0 amide bonds. The fourth-order valence-corrected chi connectivity index (χ4v) is 2.54. The number of benzene rings is 1. The fourth-order valence-electron chi connectivity index (χ4n) is 2.54. The maximum Gasteiger partial charge on any atom is 0.306 e. The van der Waals surface area contributed by atoms with Crippen LogP contribution in [0.5, 0.6) is 0 Å². The summed E-state index contributed by atoms with van der Waals surface area (Å²) in [6.07, 6.45) is 2.12. The summed E-state index contributed by atoms with van der Waals surface area (Å²) in [4.78, 5) is 11.0. The zero-order valence-electron chi connectivity index (χ0n) is 10.8. The molecule has 0 unspecified atom stereocenters. The molecule has 1 aromatic heterocycles. The van der Waals surface area contributed by atoms with Gasteiger partial charge in [0.15, 0.2) is 0 Å². The van der Waals surface area contributed by atoms with Gasteiger partial charge in [0.05, 0.1) is 11.6 Å². The lowest BCUT2D eigenvalue weighted by atomic mass is 10.1. The highest BCUT2D eigenvalue weighted by Crippen LogP contribution is 2.28. The van der Waals surface area contributed by atoms with Crippen molar-refractivity contribution in [3.63, 3.8) is 0 Å². The first-order valence-electron chi connectivity index (χ1n) is 6.57. The van der Waals surface area contributed by atoms with Crippen LogP contribution in [0.1, 0.15) is 19.3 Å². The molecule has 0 bridgehead atoms. The Kier molecular flexibility index (Phi) is 3.32. The predicted molar refractivity (Wildman–Crippen MR) is 71.5 cm³/mol. The van der Waals surface area contributed by atoms with Crippen LogP contribution < -0.4 is 5.32 Å². The minimum absolute atomic E-state index is 0.101. The van der Waals surface area contributed by atoms with Crippen LogP contribution in [0.15, 0.2) is 30.3 Å². The number of carboxylic acid groups (broad SMARTS) is 1. The molecule has 1 fully saturated rings. The van der Waals surface area contributed by atoms with Crippen LogP contribution in [0.3, 0.4) is 0 Å². The first-order valence-corrected chi connectivity index (χ1v) is 6.57. The second-order valence-electron chi connectivity index (χ2n) is 4.94. The van der Waals surface area contributed by atoms with Gasteiger partial charge in [0.25, 0.3) is 0 Å². The Bertz CT molecular complexity index is 598. The average molecular weight is 273 g/mol. The largest absolute Gasteiger partial charge is 0.481 e. The van der Waals surface area contributed by atoms with E-state index in [2.05, 4.69) is 20.8 Å². The van der Waals surface area contributed by atoms with Crippen molar-refractivity contribution < 1.29 is 9.90 Å². The van der Waals surface area contributed by atoms with Gasteiger partial charge in [-0.25, -0.2) is 0 Å². The molecule has 0 aliphatic heterocycles. The van der Waals surface area contributed by atoms with E-state index in [1.54, 1.807) is 4.68 Å². The van der Waals surface area contributed by atoms with E-state index in [0.29, 0.717) is 18.8 Å². The second-order valence-corrected chi connectivity index (χ2v) is 4.94. The van der Waals surface area contributed by atoms with Gasteiger partial charge in [0, 0.05) is 6.04 Å². The molecule has 2 N–H and O–H groups in total. The standard InChI is InChI=1S/C13H15N5O2/c19-12(20)9-6-7-10(8-9)14-13-15-16-17-18(13)11-4-2-1-3-5-11/h1-5,9-10H,6-8H2,(H,19,20)(H,14,15,17)/t9-,10+/m1/s1. The van der Waals surface area contributed by atoms with E-state index in [1.165, 1.54) is 0 Å². The van der Waals surface area contributed by atoms with Gasteiger partial charge in [-0.1, -0.05) is 23.3 Å². The Hall–Kier alpha value is -2.44. The molecule has 7 heteroatoms. The third-order valence-electron chi connectivity index (χ3n) is 3.59. The number of nitrogens with zero attached hydrogens (tertiary/aromatic N) is 4. The van der Waals surface area contributed by atoms with Crippen molar-refractivity contribution in [1.82, 2.24) is 20.2 Å². The van der Waals surface area contributed by atoms with Gasteiger partial charge >= 0.3 is 5.97 Å². The lowest BCUT2D eigenvalue weighted by Crippen LogP contribution is -2.20. The molecule has 1 heterocycles. The summed E-state index contributed by atoms with van der Waals surface area (Å²) >= 11 is 0. The molecule has 104 valence electrons. The number of para-hydroxylation sites is 1. The topological polar surface area (TPSA) is 92.9 Å². The number of nitrogens with one attached hydrogen (secondary N) is 1. The van der Waals surface area contributed by atoms with Crippen molar-refractivity contribution in [2.45, 2.75) is 25.3 Å². The summed E-state index contributed by atoms with van der Waals surface area (Å²) in [5.74, 6) is -0.447. The molecule has 2 atom stereocenters. The second kappa shape index (κ2) is 5.28. The Morgan fingerprint density at radius 1 is 1.30 bits per heavy atom. The number of tetrazole rings is 1. The van der Waals surface area contributed by atoms with Crippen LogP contribution in [0.2, 0.25) is 0 Å². The van der Waals surface area contributed by atoms with E-state index in [0.717, 1.165) is 12.1 Å². The Morgan fingerprint density at radius 2 is 2.10 bits per heavy atom. The summed E-state index contributed by atoms with van der Waals surface area (Å²) in [6, 6.07) is 9.68. The van der Waals surface area contributed by atoms with Crippen molar-refractivity contribution >= 4 is 11.9 Å². The number of rotatable bonds is 4. The van der Waals surface area contributed by atoms with Crippen LogP contribution in [-0.2, 0) is 4.79 Å². The number of aliphatic carboxylic acids is 1. The number of carboxylic acids is 1. The van der Waals surface area contributed by atoms with Crippen molar-refractivity contribution in [3.8, 4) is 5.69 Å². The summed E-state index contributed by atoms with van der Waals surface area (Å²) in [5.41, 5.74) is 0.868. The molecule has 1 saturated carbocycles. The van der Waals surface area contributed by atoms with Crippen molar-refractivity contribution in [2.75, 3.05) is 5.32 Å². The van der Waals surface area contributed by atoms with Crippen molar-refractivity contribution in [3.05, 3.63) is 30.3 Å². The van der Waals surface area contributed by atoms with Gasteiger partial charge in [-0.3, -0.25) is 4.79 Å². The zero-order chi connectivity index (χ0) is 13.9. The van der Waals surface area contributed by atoms with Crippen molar-refractivity contribution in [2.24, 2.45) is 5.92 Å². The highest BCUT2D eigenvalue weighted by atomic mass is 16.4. The first kappa shape index (κ1) is 12.6. The Labute approximate surface area is 115 Å². The van der Waals surface area contributed by atoms with Gasteiger partial charge in [-0.05, 0) is 41.8 Å². The summed E-state index contributed by atoms with van der Waals surface area (Å²) in [5, 5.41) is 23.9. The van der Waals surface area contributed by atoms with Gasteiger partial charge < -0.3 is 10.4 Å². The molecule has 0 radical (unpaired) electrons. The van der Waals surface area contributed by atoms with Crippen LogP contribution in [0, 0.1) is 5.92 Å². The van der Waals surface area contributed by atoms with Crippen LogP contribution in [0.25, 0.3) is 5.69 Å². The first-order chi connectivity index (χ1) is 9.74.